The zero-order valence-electron chi connectivity index (χ0n) is 14.4. The molecule has 0 saturated heterocycles. The van der Waals surface area contributed by atoms with Gasteiger partial charge in [0.25, 0.3) is 5.91 Å². The van der Waals surface area contributed by atoms with E-state index in [9.17, 15) is 9.18 Å². The van der Waals surface area contributed by atoms with E-state index in [1.807, 2.05) is 0 Å². The van der Waals surface area contributed by atoms with Gasteiger partial charge in [0, 0.05) is 25.2 Å². The predicted octanol–water partition coefficient (Wildman–Crippen LogP) is 3.51. The maximum Gasteiger partial charge on any atom is 0.258 e. The molecule has 8 heteroatoms. The number of hydrogen-bond donors (Lipinski definition) is 2. The third kappa shape index (κ3) is 4.75. The molecule has 2 aliphatic rings. The highest BCUT2D eigenvalue weighted by Crippen LogP contribution is 2.42. The molecule has 1 aromatic carbocycles. The Hall–Kier alpha value is -1.63. The molecule has 1 heterocycles. The standard InChI is InChI=1S/C18H21FN4O.2ClH/c1-23-10-13(9-21-23)22-18(24)15-6-12(4-5-16(15)19)14-7-17(14)20-8-11-2-3-11;;/h4-6,9-11,14,17,20H,2-3,7-8H2,1H3,(H,22,24);2*1H/t14-,17+;;/m0../s1. The summed E-state index contributed by atoms with van der Waals surface area (Å²) in [6, 6.07) is 5.33. The molecule has 0 unspecified atom stereocenters. The summed E-state index contributed by atoms with van der Waals surface area (Å²) in [5.74, 6) is 0.295. The molecule has 1 amide bonds. The van der Waals surface area contributed by atoms with Crippen molar-refractivity contribution in [3.05, 3.63) is 47.5 Å². The fourth-order valence-electron chi connectivity index (χ4n) is 3.06. The van der Waals surface area contributed by atoms with Crippen LogP contribution in [-0.2, 0) is 7.05 Å². The smallest absolute Gasteiger partial charge is 0.258 e. The molecule has 142 valence electrons. The lowest BCUT2D eigenvalue weighted by molar-refractivity contribution is 0.102. The number of nitrogens with one attached hydrogen (secondary N) is 2. The first-order chi connectivity index (χ1) is 11.6. The highest BCUT2D eigenvalue weighted by molar-refractivity contribution is 6.04. The van der Waals surface area contributed by atoms with E-state index in [4.69, 9.17) is 0 Å². The van der Waals surface area contributed by atoms with Gasteiger partial charge in [-0.25, -0.2) is 4.39 Å². The van der Waals surface area contributed by atoms with Crippen molar-refractivity contribution in [1.29, 1.82) is 0 Å². The normalized spacial score (nSPS) is 20.7. The molecule has 26 heavy (non-hydrogen) atoms. The van der Waals surface area contributed by atoms with Crippen LogP contribution in [0, 0.1) is 11.7 Å². The molecule has 2 aromatic rings. The molecule has 0 spiro atoms. The average molecular weight is 401 g/mol. The fourth-order valence-corrected chi connectivity index (χ4v) is 3.06. The Morgan fingerprint density at radius 1 is 1.35 bits per heavy atom. The third-order valence-corrected chi connectivity index (χ3v) is 4.78. The van der Waals surface area contributed by atoms with Crippen LogP contribution >= 0.6 is 24.8 Å². The van der Waals surface area contributed by atoms with E-state index in [-0.39, 0.29) is 30.4 Å². The van der Waals surface area contributed by atoms with E-state index < -0.39 is 11.7 Å². The van der Waals surface area contributed by atoms with Crippen molar-refractivity contribution in [3.8, 4) is 0 Å². The van der Waals surface area contributed by atoms with Crippen LogP contribution in [-0.4, -0.2) is 28.3 Å². The summed E-state index contributed by atoms with van der Waals surface area (Å²) in [7, 11) is 1.76. The zero-order valence-corrected chi connectivity index (χ0v) is 16.1. The van der Waals surface area contributed by atoms with Gasteiger partial charge >= 0.3 is 0 Å². The molecule has 2 N–H and O–H groups in total. The number of rotatable bonds is 6. The molecule has 5 nitrogen and oxygen atoms in total. The molecule has 2 aliphatic carbocycles. The van der Waals surface area contributed by atoms with Crippen LogP contribution in [0.15, 0.2) is 30.6 Å². The number of amides is 1. The van der Waals surface area contributed by atoms with E-state index in [1.54, 1.807) is 36.3 Å². The molecule has 1 aromatic heterocycles. The van der Waals surface area contributed by atoms with Gasteiger partial charge in [0.05, 0.1) is 17.4 Å². The predicted molar refractivity (Wildman–Crippen MR) is 104 cm³/mol. The minimum atomic E-state index is -0.497. The van der Waals surface area contributed by atoms with Crippen molar-refractivity contribution in [3.63, 3.8) is 0 Å². The van der Waals surface area contributed by atoms with Gasteiger partial charge in [0.2, 0.25) is 0 Å². The molecular weight excluding hydrogens is 378 g/mol. The summed E-state index contributed by atoms with van der Waals surface area (Å²) in [6.07, 6.45) is 6.94. The summed E-state index contributed by atoms with van der Waals surface area (Å²) < 4.78 is 15.7. The van der Waals surface area contributed by atoms with Crippen LogP contribution in [0.3, 0.4) is 0 Å². The monoisotopic (exact) mass is 400 g/mol. The van der Waals surface area contributed by atoms with Crippen molar-refractivity contribution in [2.45, 2.75) is 31.2 Å². The summed E-state index contributed by atoms with van der Waals surface area (Å²) in [6.45, 7) is 1.08. The van der Waals surface area contributed by atoms with Crippen molar-refractivity contribution in [1.82, 2.24) is 15.1 Å². The number of benzene rings is 1. The van der Waals surface area contributed by atoms with Gasteiger partial charge in [0.1, 0.15) is 5.82 Å². The van der Waals surface area contributed by atoms with Crippen LogP contribution in [0.1, 0.15) is 41.1 Å². The Bertz CT molecular complexity index is 778. The van der Waals surface area contributed by atoms with E-state index >= 15 is 0 Å². The number of aromatic nitrogens is 2. The largest absolute Gasteiger partial charge is 0.319 e. The molecule has 4 rings (SSSR count). The number of carbonyl (C=O) groups is 1. The number of aryl methyl sites for hydroxylation is 1. The second-order valence-electron chi connectivity index (χ2n) is 6.90. The van der Waals surface area contributed by atoms with E-state index in [0.29, 0.717) is 17.6 Å². The lowest BCUT2D eigenvalue weighted by Gasteiger charge is -2.08. The Kier molecular flexibility index (Phi) is 6.66. The van der Waals surface area contributed by atoms with E-state index in [2.05, 4.69) is 15.7 Å². The molecule has 0 bridgehead atoms. The number of carbonyl (C=O) groups excluding carboxylic acids is 1. The Labute approximate surface area is 164 Å². The average Bonchev–Trinajstić information content (AvgIpc) is 3.46. The van der Waals surface area contributed by atoms with Crippen LogP contribution in [0.2, 0.25) is 0 Å². The van der Waals surface area contributed by atoms with Gasteiger partial charge in [-0.05, 0) is 49.4 Å². The second kappa shape index (κ2) is 8.37. The molecule has 0 aliphatic heterocycles. The first kappa shape index (κ1) is 20.7. The van der Waals surface area contributed by atoms with Crippen molar-refractivity contribution >= 4 is 36.4 Å². The first-order valence-electron chi connectivity index (χ1n) is 8.43. The van der Waals surface area contributed by atoms with Crippen LogP contribution in [0.25, 0.3) is 0 Å². The maximum atomic E-state index is 14.1. The van der Waals surface area contributed by atoms with Gasteiger partial charge in [-0.3, -0.25) is 9.48 Å². The van der Waals surface area contributed by atoms with Gasteiger partial charge in [-0.15, -0.1) is 24.8 Å². The highest BCUT2D eigenvalue weighted by atomic mass is 35.5. The zero-order chi connectivity index (χ0) is 16.7. The molecule has 0 radical (unpaired) electrons. The lowest BCUT2D eigenvalue weighted by atomic mass is 10.1. The van der Waals surface area contributed by atoms with E-state index in [0.717, 1.165) is 24.4 Å². The van der Waals surface area contributed by atoms with Crippen LogP contribution < -0.4 is 10.6 Å². The molecule has 2 atom stereocenters. The van der Waals surface area contributed by atoms with Crippen molar-refractivity contribution in [2.75, 3.05) is 11.9 Å². The Balaban J connectivity index is 0.00000121. The summed E-state index contributed by atoms with van der Waals surface area (Å²) in [5.41, 5.74) is 1.67. The SMILES string of the molecule is Cl.Cl.Cn1cc(NC(=O)c2cc([C@@H]3C[C@H]3NCC3CC3)ccc2F)cn1. The molecular formula is C18H23Cl2FN4O. The maximum absolute atomic E-state index is 14.1. The number of halogens is 3. The van der Waals surface area contributed by atoms with E-state index in [1.165, 1.54) is 18.9 Å². The second-order valence-corrected chi connectivity index (χ2v) is 6.90. The quantitative estimate of drug-likeness (QED) is 0.779. The van der Waals surface area contributed by atoms with Gasteiger partial charge in [0.15, 0.2) is 0 Å². The Morgan fingerprint density at radius 2 is 2.12 bits per heavy atom. The summed E-state index contributed by atoms with van der Waals surface area (Å²) in [4.78, 5) is 12.3. The topological polar surface area (TPSA) is 59.0 Å². The van der Waals surface area contributed by atoms with Crippen LogP contribution in [0.5, 0.6) is 0 Å². The van der Waals surface area contributed by atoms with Gasteiger partial charge < -0.3 is 10.6 Å². The molecule has 2 saturated carbocycles. The first-order valence-corrected chi connectivity index (χ1v) is 8.43. The number of hydrogen-bond acceptors (Lipinski definition) is 3. The highest BCUT2D eigenvalue weighted by Gasteiger charge is 2.39. The number of nitrogens with zero attached hydrogens (tertiary/aromatic N) is 2. The fraction of sp³-hybridized carbons (Fsp3) is 0.444. The number of anilines is 1. The third-order valence-electron chi connectivity index (χ3n) is 4.78. The minimum absolute atomic E-state index is 0. The minimum Gasteiger partial charge on any atom is -0.319 e. The van der Waals surface area contributed by atoms with Crippen molar-refractivity contribution in [2.24, 2.45) is 13.0 Å². The molecule has 2 fully saturated rings. The lowest BCUT2D eigenvalue weighted by Crippen LogP contribution is -2.20. The van der Waals surface area contributed by atoms with Gasteiger partial charge in [-0.1, -0.05) is 6.07 Å². The van der Waals surface area contributed by atoms with Gasteiger partial charge in [-0.2, -0.15) is 5.10 Å². The van der Waals surface area contributed by atoms with Crippen LogP contribution in [0.4, 0.5) is 10.1 Å². The summed E-state index contributed by atoms with van der Waals surface area (Å²) >= 11 is 0. The summed E-state index contributed by atoms with van der Waals surface area (Å²) in [5, 5.41) is 10.2. The van der Waals surface area contributed by atoms with Crippen molar-refractivity contribution < 1.29 is 9.18 Å². The Morgan fingerprint density at radius 3 is 2.77 bits per heavy atom.